The van der Waals surface area contributed by atoms with Gasteiger partial charge in [0.25, 0.3) is 0 Å². The molecule has 0 aliphatic heterocycles. The second kappa shape index (κ2) is 4.87. The van der Waals surface area contributed by atoms with Crippen molar-refractivity contribution >= 4 is 11.0 Å². The van der Waals surface area contributed by atoms with Crippen LogP contribution in [0.1, 0.15) is 34.1 Å². The summed E-state index contributed by atoms with van der Waals surface area (Å²) in [6.45, 7) is 9.11. The Labute approximate surface area is 96.9 Å². The molecule has 0 bridgehead atoms. The van der Waals surface area contributed by atoms with Gasteiger partial charge in [-0.05, 0) is 34.1 Å². The first-order valence-electron chi connectivity index (χ1n) is 4.81. The zero-order valence-electron chi connectivity index (χ0n) is 9.94. The van der Waals surface area contributed by atoms with Crippen molar-refractivity contribution in [3.63, 3.8) is 0 Å². The average molecular weight is 257 g/mol. The Kier molecular flexibility index (Phi) is 4.76. The van der Waals surface area contributed by atoms with Crippen LogP contribution in [0.2, 0.25) is 0 Å². The summed E-state index contributed by atoms with van der Waals surface area (Å²) in [5, 5.41) is 0. The van der Waals surface area contributed by atoms with E-state index >= 15 is 0 Å². The molecule has 0 heterocycles. The van der Waals surface area contributed by atoms with Gasteiger partial charge < -0.3 is 0 Å². The molecule has 0 aromatic rings. The predicted octanol–water partition coefficient (Wildman–Crippen LogP) is 2.94. The van der Waals surface area contributed by atoms with Crippen LogP contribution in [0.4, 0.5) is 13.2 Å². The van der Waals surface area contributed by atoms with Crippen LogP contribution in [0.15, 0.2) is 12.7 Å². The highest BCUT2D eigenvalue weighted by molar-refractivity contribution is 7.84. The first-order valence-corrected chi connectivity index (χ1v) is 5.96. The van der Waals surface area contributed by atoms with Crippen LogP contribution in [0.5, 0.6) is 0 Å². The molecule has 0 aromatic heterocycles. The average Bonchev–Trinajstić information content (AvgIpc) is 2.00. The van der Waals surface area contributed by atoms with Crippen molar-refractivity contribution in [2.45, 2.75) is 50.6 Å². The number of alkyl halides is 3. The van der Waals surface area contributed by atoms with Crippen molar-refractivity contribution in [1.29, 1.82) is 0 Å². The lowest BCUT2D eigenvalue weighted by molar-refractivity contribution is -0.184. The SMILES string of the molecule is C=CC[C@@](C)(N[S@@](=O)C(C)(C)C)C(F)(F)F. The number of nitrogens with one attached hydrogen (secondary N) is 1. The smallest absolute Gasteiger partial charge is 0.242 e. The van der Waals surface area contributed by atoms with Gasteiger partial charge in [-0.1, -0.05) is 6.08 Å². The van der Waals surface area contributed by atoms with Gasteiger partial charge in [0, 0.05) is 0 Å². The normalized spacial score (nSPS) is 18.9. The van der Waals surface area contributed by atoms with Crippen molar-refractivity contribution in [1.82, 2.24) is 4.72 Å². The molecule has 0 saturated heterocycles. The fourth-order valence-corrected chi connectivity index (χ4v) is 1.78. The summed E-state index contributed by atoms with van der Waals surface area (Å²) in [6, 6.07) is 0. The van der Waals surface area contributed by atoms with Crippen LogP contribution in [-0.2, 0) is 11.0 Å². The molecule has 2 nitrogen and oxygen atoms in total. The van der Waals surface area contributed by atoms with E-state index in [1.54, 1.807) is 20.8 Å². The standard InChI is InChI=1S/C10H18F3NOS/c1-6-7-9(5,10(11,12)13)14-16(15)8(2,3)4/h6,14H,1,7H2,2-5H3/t9-,16+/m1/s1. The fourth-order valence-electron chi connectivity index (χ4n) is 0.862. The van der Waals surface area contributed by atoms with Gasteiger partial charge in [0.1, 0.15) is 5.54 Å². The summed E-state index contributed by atoms with van der Waals surface area (Å²) < 4.78 is 51.5. The largest absolute Gasteiger partial charge is 0.407 e. The molecule has 0 unspecified atom stereocenters. The Hall–Kier alpha value is -0.360. The van der Waals surface area contributed by atoms with Crippen molar-refractivity contribution < 1.29 is 17.4 Å². The van der Waals surface area contributed by atoms with Crippen LogP contribution in [0, 0.1) is 0 Å². The quantitative estimate of drug-likeness (QED) is 0.771. The van der Waals surface area contributed by atoms with Crippen LogP contribution in [0.3, 0.4) is 0 Å². The molecule has 0 radical (unpaired) electrons. The van der Waals surface area contributed by atoms with Crippen LogP contribution < -0.4 is 4.72 Å². The third-order valence-corrected chi connectivity index (χ3v) is 3.80. The summed E-state index contributed by atoms with van der Waals surface area (Å²) in [7, 11) is -1.77. The van der Waals surface area contributed by atoms with Gasteiger partial charge >= 0.3 is 6.18 Å². The lowest BCUT2D eigenvalue weighted by Crippen LogP contribution is -2.57. The summed E-state index contributed by atoms with van der Waals surface area (Å²) in [5.41, 5.74) is -2.20. The summed E-state index contributed by atoms with van der Waals surface area (Å²) in [5.74, 6) is 0. The van der Waals surface area contributed by atoms with Crippen molar-refractivity contribution in [2.24, 2.45) is 0 Å². The Morgan fingerprint density at radius 1 is 1.25 bits per heavy atom. The van der Waals surface area contributed by atoms with E-state index in [4.69, 9.17) is 0 Å². The first kappa shape index (κ1) is 15.6. The van der Waals surface area contributed by atoms with Gasteiger partial charge in [-0.3, -0.25) is 0 Å². The molecule has 6 heteroatoms. The zero-order chi connectivity index (χ0) is 13.2. The highest BCUT2D eigenvalue weighted by Crippen LogP contribution is 2.34. The van der Waals surface area contributed by atoms with Crippen molar-refractivity contribution in [3.8, 4) is 0 Å². The summed E-state index contributed by atoms with van der Waals surface area (Å²) >= 11 is 0. The minimum atomic E-state index is -4.47. The number of rotatable bonds is 4. The molecule has 0 amide bonds. The molecule has 0 spiro atoms. The molecule has 0 aliphatic rings. The van der Waals surface area contributed by atoms with E-state index in [0.717, 1.165) is 6.92 Å². The fraction of sp³-hybridized carbons (Fsp3) is 0.800. The highest BCUT2D eigenvalue weighted by Gasteiger charge is 2.51. The van der Waals surface area contributed by atoms with Crippen LogP contribution >= 0.6 is 0 Å². The molecule has 0 saturated carbocycles. The van der Waals surface area contributed by atoms with Gasteiger partial charge in [0.05, 0.1) is 15.7 Å². The van der Waals surface area contributed by atoms with Crippen LogP contribution in [-0.4, -0.2) is 20.7 Å². The van der Waals surface area contributed by atoms with Gasteiger partial charge in [-0.25, -0.2) is 8.93 Å². The predicted molar refractivity (Wildman–Crippen MR) is 60.3 cm³/mol. The number of hydrogen-bond acceptors (Lipinski definition) is 1. The lowest BCUT2D eigenvalue weighted by atomic mass is 9.99. The van der Waals surface area contributed by atoms with E-state index < -0.39 is 27.4 Å². The molecular weight excluding hydrogens is 239 g/mol. The Bertz CT molecular complexity index is 283. The molecular formula is C10H18F3NOS. The minimum absolute atomic E-state index is 0.321. The van der Waals surface area contributed by atoms with Gasteiger partial charge in [-0.2, -0.15) is 13.2 Å². The second-order valence-electron chi connectivity index (χ2n) is 4.81. The third kappa shape index (κ3) is 3.90. The van der Waals surface area contributed by atoms with E-state index in [1.807, 2.05) is 0 Å². The van der Waals surface area contributed by atoms with Crippen LogP contribution in [0.25, 0.3) is 0 Å². The molecule has 0 fully saturated rings. The van der Waals surface area contributed by atoms with Gasteiger partial charge in [0.15, 0.2) is 0 Å². The zero-order valence-corrected chi connectivity index (χ0v) is 10.8. The molecule has 0 aromatic carbocycles. The Morgan fingerprint density at radius 2 is 1.69 bits per heavy atom. The molecule has 96 valence electrons. The van der Waals surface area contributed by atoms with E-state index in [9.17, 15) is 17.4 Å². The Morgan fingerprint density at radius 3 is 1.94 bits per heavy atom. The van der Waals surface area contributed by atoms with Gasteiger partial charge in [-0.15, -0.1) is 6.58 Å². The summed E-state index contributed by atoms with van der Waals surface area (Å²) in [6.07, 6.45) is -3.62. The molecule has 2 atom stereocenters. The number of hydrogen-bond donors (Lipinski definition) is 1. The van der Waals surface area contributed by atoms with Gasteiger partial charge in [0.2, 0.25) is 0 Å². The van der Waals surface area contributed by atoms with Crippen molar-refractivity contribution in [3.05, 3.63) is 12.7 Å². The molecule has 16 heavy (non-hydrogen) atoms. The molecule has 1 N–H and O–H groups in total. The van der Waals surface area contributed by atoms with Crippen molar-refractivity contribution in [2.75, 3.05) is 0 Å². The second-order valence-corrected chi connectivity index (χ2v) is 6.77. The van der Waals surface area contributed by atoms with E-state index in [1.165, 1.54) is 6.08 Å². The highest BCUT2D eigenvalue weighted by atomic mass is 32.2. The van der Waals surface area contributed by atoms with E-state index in [2.05, 4.69) is 11.3 Å². The topological polar surface area (TPSA) is 29.1 Å². The summed E-state index contributed by atoms with van der Waals surface area (Å²) in [4.78, 5) is 0. The molecule has 0 aliphatic carbocycles. The Balaban J connectivity index is 4.98. The number of halogens is 3. The monoisotopic (exact) mass is 257 g/mol. The maximum absolute atomic E-state index is 12.8. The minimum Gasteiger partial charge on any atom is -0.242 e. The molecule has 0 rings (SSSR count). The first-order chi connectivity index (χ1) is 6.94. The maximum atomic E-state index is 12.8. The van der Waals surface area contributed by atoms with E-state index in [-0.39, 0.29) is 6.42 Å². The van der Waals surface area contributed by atoms with E-state index in [0.29, 0.717) is 0 Å². The third-order valence-electron chi connectivity index (χ3n) is 2.05. The lowest BCUT2D eigenvalue weighted by Gasteiger charge is -2.34. The maximum Gasteiger partial charge on any atom is 0.407 e.